The second-order valence-corrected chi connectivity index (χ2v) is 25.9. The van der Waals surface area contributed by atoms with E-state index >= 15 is 0 Å². The van der Waals surface area contributed by atoms with Crippen LogP contribution in [-0.4, -0.2) is 0 Å². The molecule has 0 bridgehead atoms. The summed E-state index contributed by atoms with van der Waals surface area (Å²) in [6.45, 7) is 45.3. The molecule has 4 atom stereocenters. The number of hydrogen-bond acceptors (Lipinski definition) is 0. The minimum absolute atomic E-state index is 0.670. The molecule has 0 aliphatic heterocycles. The largest absolute Gasteiger partial charge is 0.103 e. The third kappa shape index (κ3) is 44.7. The van der Waals surface area contributed by atoms with E-state index in [2.05, 4.69) is 262 Å². The van der Waals surface area contributed by atoms with E-state index in [-0.39, 0.29) is 0 Å². The molecule has 0 aromatic rings. The molecule has 0 spiro atoms. The van der Waals surface area contributed by atoms with Gasteiger partial charge in [0.05, 0.1) is 0 Å². The third-order valence-electron chi connectivity index (χ3n) is 17.6. The molecule has 0 amide bonds. The monoisotopic (exact) mass is 1190 g/mol. The van der Waals surface area contributed by atoms with Crippen LogP contribution >= 0.6 is 0 Å². The van der Waals surface area contributed by atoms with Crippen molar-refractivity contribution in [3.8, 4) is 0 Å². The van der Waals surface area contributed by atoms with Gasteiger partial charge in [0.25, 0.3) is 0 Å². The van der Waals surface area contributed by atoms with Crippen molar-refractivity contribution < 1.29 is 0 Å². The van der Waals surface area contributed by atoms with Crippen LogP contribution in [0.1, 0.15) is 263 Å². The van der Waals surface area contributed by atoms with E-state index in [0.717, 1.165) is 30.6 Å². The zero-order valence-electron chi connectivity index (χ0n) is 59.2. The summed E-state index contributed by atoms with van der Waals surface area (Å²) in [6.07, 6.45) is 92.5. The van der Waals surface area contributed by atoms with Gasteiger partial charge in [-0.15, -0.1) is 13.2 Å². The minimum Gasteiger partial charge on any atom is -0.103 e. The molecular weight excluding hydrogens is 1060 g/mol. The predicted octanol–water partition coefficient (Wildman–Crippen LogP) is 28.8. The molecule has 88 heavy (non-hydrogen) atoms. The van der Waals surface area contributed by atoms with E-state index in [1.807, 2.05) is 12.2 Å². The summed E-state index contributed by atoms with van der Waals surface area (Å²) in [6, 6.07) is 0. The molecule has 0 aromatic heterocycles. The summed E-state index contributed by atoms with van der Waals surface area (Å²) in [5.74, 6) is 2.91. The highest BCUT2D eigenvalue weighted by Crippen LogP contribution is 2.25. The summed E-state index contributed by atoms with van der Waals surface area (Å²) < 4.78 is 0. The SMILES string of the molecule is C/C=C1\C=CCCC1.C=C1CCC(=C)CC1.C=CC1=CCCCC1.C=CC1C=CCCC1.C=CC1CC=CCC1.CC1=CC=C(C)CC1.CC1=CCC(C)=CC1.CC1=CCC=C(C)C1.CC1=CCCC=C1C.CC1C=CC=CC1C.CCC1=CCC=CC1. The lowest BCUT2D eigenvalue weighted by Gasteiger charge is -2.13. The van der Waals surface area contributed by atoms with Gasteiger partial charge in [-0.3, -0.25) is 0 Å². The minimum atomic E-state index is 0.670. The molecule has 0 heteroatoms. The molecule has 1 saturated carbocycles. The van der Waals surface area contributed by atoms with Crippen LogP contribution in [0.5, 0.6) is 0 Å². The van der Waals surface area contributed by atoms with Crippen LogP contribution in [0, 0.1) is 23.7 Å². The van der Waals surface area contributed by atoms with Gasteiger partial charge in [0.1, 0.15) is 0 Å². The first-order chi connectivity index (χ1) is 42.4. The highest BCUT2D eigenvalue weighted by Gasteiger charge is 2.08. The third-order valence-corrected chi connectivity index (χ3v) is 17.6. The Kier molecular flexibility index (Phi) is 48.5. The van der Waals surface area contributed by atoms with Gasteiger partial charge in [-0.05, 0) is 266 Å². The van der Waals surface area contributed by atoms with Crippen LogP contribution in [0.15, 0.2) is 263 Å². The van der Waals surface area contributed by atoms with Crippen LogP contribution in [-0.2, 0) is 0 Å². The fourth-order valence-corrected chi connectivity index (χ4v) is 10.5. The van der Waals surface area contributed by atoms with E-state index in [0.29, 0.717) is 5.92 Å². The van der Waals surface area contributed by atoms with Gasteiger partial charge in [0.15, 0.2) is 0 Å². The Morgan fingerprint density at radius 1 is 0.466 bits per heavy atom. The van der Waals surface area contributed by atoms with Gasteiger partial charge in [-0.2, -0.15) is 0 Å². The second kappa shape index (κ2) is 53.1. The lowest BCUT2D eigenvalue weighted by molar-refractivity contribution is 0.552. The van der Waals surface area contributed by atoms with E-state index in [9.17, 15) is 0 Å². The normalized spacial score (nSPS) is 23.1. The van der Waals surface area contributed by atoms with Crippen molar-refractivity contribution in [2.75, 3.05) is 0 Å². The standard InChI is InChI=1S/11C8H12/c3*1-7-3-5-8(2)6-4-7;1-7-4-3-5-8(2)6-7;2*1-7-5-3-4-6-8(7)2;5*1-2-8-6-4-3-5-7-8/h3,6H,4-5H2,1-2H3;3,5H,4,6H2,1-2H3;1-6H2;4-5H,3,6H2,1-2H3;5-6H,3-4H2,1-2H3;3-8H,1-2H3;3-4,7H,2,5-6H2,1H3;2,4,6H,3,5,7H2,1H3;2,6H,1,3-5,7H2;2,4,6,8H,1,3,5,7H2;2-4,8H,1,5-7H2/b;;;;;;;8-2+;;;. The second-order valence-electron chi connectivity index (χ2n) is 25.9. The van der Waals surface area contributed by atoms with E-state index < -0.39 is 0 Å². The molecule has 0 radical (unpaired) electrons. The van der Waals surface area contributed by atoms with Crippen LogP contribution in [0.3, 0.4) is 0 Å². The molecule has 4 unspecified atom stereocenters. The first-order valence-corrected chi connectivity index (χ1v) is 34.9. The number of rotatable bonds is 4. The maximum absolute atomic E-state index is 3.91. The zero-order chi connectivity index (χ0) is 65.0. The molecule has 11 rings (SSSR count). The van der Waals surface area contributed by atoms with Crippen molar-refractivity contribution in [3.63, 3.8) is 0 Å². The van der Waals surface area contributed by atoms with Gasteiger partial charge in [-0.25, -0.2) is 0 Å². The topological polar surface area (TPSA) is 0 Å². The molecular formula is C88H132. The fraction of sp³-hybridized carbons (Fsp3) is 0.500. The van der Waals surface area contributed by atoms with E-state index in [4.69, 9.17) is 0 Å². The van der Waals surface area contributed by atoms with Crippen molar-refractivity contribution in [2.45, 2.75) is 263 Å². The summed E-state index contributed by atoms with van der Waals surface area (Å²) in [7, 11) is 0. The van der Waals surface area contributed by atoms with Crippen molar-refractivity contribution in [1.29, 1.82) is 0 Å². The van der Waals surface area contributed by atoms with Crippen LogP contribution in [0.4, 0.5) is 0 Å². The molecule has 0 heterocycles. The van der Waals surface area contributed by atoms with E-state index in [1.54, 1.807) is 5.57 Å². The fourth-order valence-electron chi connectivity index (χ4n) is 10.5. The van der Waals surface area contributed by atoms with Gasteiger partial charge >= 0.3 is 0 Å². The number of hydrogen-bond donors (Lipinski definition) is 0. The maximum atomic E-state index is 3.91. The predicted molar refractivity (Wildman–Crippen MR) is 404 cm³/mol. The molecule has 0 aromatic carbocycles. The summed E-state index contributed by atoms with van der Waals surface area (Å²) in [4.78, 5) is 0. The molecule has 484 valence electrons. The van der Waals surface area contributed by atoms with Crippen LogP contribution in [0.25, 0.3) is 0 Å². The lowest BCUT2D eigenvalue weighted by Crippen LogP contribution is -2.03. The molecule has 11 aliphatic rings. The Morgan fingerprint density at radius 2 is 1.06 bits per heavy atom. The Hall–Kier alpha value is -5.72. The van der Waals surface area contributed by atoms with Crippen molar-refractivity contribution in [1.82, 2.24) is 0 Å². The Balaban J connectivity index is 0.000000484. The Morgan fingerprint density at radius 3 is 1.36 bits per heavy atom. The summed E-state index contributed by atoms with van der Waals surface area (Å²) in [5, 5.41) is 0. The number of allylic oxidation sites excluding steroid dienone is 39. The maximum Gasteiger partial charge on any atom is -0.00561 e. The van der Waals surface area contributed by atoms with Gasteiger partial charge in [-0.1, -0.05) is 271 Å². The Bertz CT molecular complexity index is 2460. The average molecular weight is 1190 g/mol. The smallest absolute Gasteiger partial charge is 0.00561 e. The van der Waals surface area contributed by atoms with Crippen molar-refractivity contribution >= 4 is 0 Å². The molecule has 1 fully saturated rings. The van der Waals surface area contributed by atoms with Crippen molar-refractivity contribution in [3.05, 3.63) is 263 Å². The summed E-state index contributed by atoms with van der Waals surface area (Å²) >= 11 is 0. The molecule has 0 nitrogen and oxygen atoms in total. The van der Waals surface area contributed by atoms with Gasteiger partial charge in [0, 0.05) is 0 Å². The van der Waals surface area contributed by atoms with E-state index in [1.165, 1.54) is 234 Å². The van der Waals surface area contributed by atoms with Crippen LogP contribution in [0.2, 0.25) is 0 Å². The van der Waals surface area contributed by atoms with Gasteiger partial charge < -0.3 is 0 Å². The van der Waals surface area contributed by atoms with Crippen LogP contribution < -0.4 is 0 Å². The summed E-state index contributed by atoms with van der Waals surface area (Å²) in [5.41, 5.74) is 19.3. The first-order valence-electron chi connectivity index (χ1n) is 34.9. The highest BCUT2D eigenvalue weighted by atomic mass is 14.1. The Labute approximate surface area is 546 Å². The van der Waals surface area contributed by atoms with Crippen molar-refractivity contribution in [2.24, 2.45) is 23.7 Å². The molecule has 0 N–H and O–H groups in total. The quantitative estimate of drug-likeness (QED) is 0.246. The van der Waals surface area contributed by atoms with Gasteiger partial charge in [0.2, 0.25) is 0 Å². The molecule has 11 aliphatic carbocycles. The molecule has 0 saturated heterocycles. The first kappa shape index (κ1) is 80.3. The lowest BCUT2D eigenvalue weighted by atomic mass is 9.92. The average Bonchev–Trinajstić information content (AvgIpc) is 3.57. The highest BCUT2D eigenvalue weighted by molar-refractivity contribution is 5.29. The zero-order valence-corrected chi connectivity index (χ0v) is 59.2.